The zero-order chi connectivity index (χ0) is 9.26. The predicted octanol–water partition coefficient (Wildman–Crippen LogP) is 1.29. The molecule has 13 heavy (non-hydrogen) atoms. The van der Waals surface area contributed by atoms with E-state index in [0.29, 0.717) is 0 Å². The molecule has 0 saturated carbocycles. The van der Waals surface area contributed by atoms with Gasteiger partial charge in [-0.3, -0.25) is 0 Å². The van der Waals surface area contributed by atoms with Crippen LogP contribution in [-0.4, -0.2) is 15.7 Å². The summed E-state index contributed by atoms with van der Waals surface area (Å²) in [5, 5.41) is 0. The Balaban J connectivity index is 2.35. The molecule has 2 N–H and O–H groups in total. The normalized spacial score (nSPS) is 18.0. The highest BCUT2D eigenvalue weighted by atomic mass is 32.2. The third-order valence-electron chi connectivity index (χ3n) is 2.12. The second-order valence-electron chi connectivity index (χ2n) is 3.29. The van der Waals surface area contributed by atoms with Crippen LogP contribution in [0.25, 0.3) is 0 Å². The van der Waals surface area contributed by atoms with Crippen molar-refractivity contribution in [1.82, 2.24) is 9.97 Å². The first kappa shape index (κ1) is 8.97. The molecule has 0 spiro atoms. The van der Waals surface area contributed by atoms with E-state index in [1.807, 2.05) is 24.9 Å². The first-order valence-electron chi connectivity index (χ1n) is 4.45. The molecule has 1 unspecified atom stereocenters. The molecule has 2 rings (SSSR count). The SMILES string of the molecule is CC(N)c1ncc2c(n1)CCSC2. The summed E-state index contributed by atoms with van der Waals surface area (Å²) >= 11 is 1.94. The van der Waals surface area contributed by atoms with Crippen LogP contribution in [0, 0.1) is 0 Å². The van der Waals surface area contributed by atoms with E-state index >= 15 is 0 Å². The Bertz CT molecular complexity index is 312. The van der Waals surface area contributed by atoms with Crippen molar-refractivity contribution in [2.45, 2.75) is 25.1 Å². The molecular formula is C9H13N3S. The van der Waals surface area contributed by atoms with Gasteiger partial charge in [-0.1, -0.05) is 0 Å². The van der Waals surface area contributed by atoms with Crippen molar-refractivity contribution in [3.8, 4) is 0 Å². The maximum atomic E-state index is 5.72. The monoisotopic (exact) mass is 195 g/mol. The molecule has 0 saturated heterocycles. The molecule has 2 heterocycles. The summed E-state index contributed by atoms with van der Waals surface area (Å²) < 4.78 is 0. The molecule has 0 fully saturated rings. The Morgan fingerprint density at radius 1 is 1.62 bits per heavy atom. The van der Waals surface area contributed by atoms with E-state index in [1.54, 1.807) is 0 Å². The van der Waals surface area contributed by atoms with Crippen LogP contribution in [0.3, 0.4) is 0 Å². The molecule has 1 atom stereocenters. The first-order chi connectivity index (χ1) is 6.27. The topological polar surface area (TPSA) is 51.8 Å². The van der Waals surface area contributed by atoms with Crippen molar-refractivity contribution in [2.24, 2.45) is 5.73 Å². The number of rotatable bonds is 1. The Kier molecular flexibility index (Phi) is 2.51. The molecule has 1 aliphatic rings. The number of hydrogen-bond acceptors (Lipinski definition) is 4. The summed E-state index contributed by atoms with van der Waals surface area (Å²) in [6, 6.07) is -0.0557. The molecule has 1 aliphatic heterocycles. The smallest absolute Gasteiger partial charge is 0.144 e. The second-order valence-corrected chi connectivity index (χ2v) is 4.40. The third kappa shape index (κ3) is 1.84. The van der Waals surface area contributed by atoms with Gasteiger partial charge in [0.1, 0.15) is 5.82 Å². The highest BCUT2D eigenvalue weighted by molar-refractivity contribution is 7.98. The molecular weight excluding hydrogens is 182 g/mol. The van der Waals surface area contributed by atoms with Gasteiger partial charge in [-0.2, -0.15) is 11.8 Å². The molecule has 3 nitrogen and oxygen atoms in total. The molecule has 1 aromatic rings. The lowest BCUT2D eigenvalue weighted by atomic mass is 10.2. The second kappa shape index (κ2) is 3.64. The van der Waals surface area contributed by atoms with Gasteiger partial charge in [0.05, 0.1) is 6.04 Å². The van der Waals surface area contributed by atoms with Gasteiger partial charge in [0.2, 0.25) is 0 Å². The first-order valence-corrected chi connectivity index (χ1v) is 5.61. The van der Waals surface area contributed by atoms with Crippen LogP contribution in [0.5, 0.6) is 0 Å². The Morgan fingerprint density at radius 3 is 3.23 bits per heavy atom. The maximum Gasteiger partial charge on any atom is 0.144 e. The van der Waals surface area contributed by atoms with Gasteiger partial charge in [-0.05, 0) is 19.1 Å². The van der Waals surface area contributed by atoms with Gasteiger partial charge in [-0.25, -0.2) is 9.97 Å². The standard InChI is InChI=1S/C9H13N3S/c1-6(10)9-11-4-7-5-13-3-2-8(7)12-9/h4,6H,2-3,5,10H2,1H3. The molecule has 0 aromatic carbocycles. The molecule has 0 amide bonds. The molecule has 4 heteroatoms. The van der Waals surface area contributed by atoms with E-state index in [0.717, 1.165) is 18.0 Å². The fourth-order valence-corrected chi connectivity index (χ4v) is 2.31. The summed E-state index contributed by atoms with van der Waals surface area (Å²) in [5.74, 6) is 2.99. The predicted molar refractivity (Wildman–Crippen MR) is 54.5 cm³/mol. The summed E-state index contributed by atoms with van der Waals surface area (Å²) in [6.45, 7) is 1.92. The fraction of sp³-hybridized carbons (Fsp3) is 0.556. The lowest BCUT2D eigenvalue weighted by molar-refractivity contribution is 0.722. The van der Waals surface area contributed by atoms with Crippen LogP contribution in [0.2, 0.25) is 0 Å². The van der Waals surface area contributed by atoms with Crippen LogP contribution in [0.15, 0.2) is 6.20 Å². The lowest BCUT2D eigenvalue weighted by Crippen LogP contribution is -2.14. The molecule has 0 radical (unpaired) electrons. The number of thioether (sulfide) groups is 1. The summed E-state index contributed by atoms with van der Waals surface area (Å²) in [5.41, 5.74) is 8.19. The number of fused-ring (bicyclic) bond motifs is 1. The van der Waals surface area contributed by atoms with Crippen LogP contribution in [0.1, 0.15) is 30.0 Å². The van der Waals surface area contributed by atoms with Gasteiger partial charge in [-0.15, -0.1) is 0 Å². The molecule has 0 bridgehead atoms. The van der Waals surface area contributed by atoms with Crippen molar-refractivity contribution in [1.29, 1.82) is 0 Å². The number of hydrogen-bond donors (Lipinski definition) is 1. The summed E-state index contributed by atoms with van der Waals surface area (Å²) in [6.07, 6.45) is 2.98. The number of nitrogens with two attached hydrogens (primary N) is 1. The largest absolute Gasteiger partial charge is 0.322 e. The van der Waals surface area contributed by atoms with Crippen molar-refractivity contribution in [2.75, 3.05) is 5.75 Å². The number of aryl methyl sites for hydroxylation is 1. The van der Waals surface area contributed by atoms with Crippen LogP contribution >= 0.6 is 11.8 Å². The van der Waals surface area contributed by atoms with Crippen molar-refractivity contribution in [3.05, 3.63) is 23.3 Å². The molecule has 0 aliphatic carbocycles. The summed E-state index contributed by atoms with van der Waals surface area (Å²) in [7, 11) is 0. The minimum atomic E-state index is -0.0557. The van der Waals surface area contributed by atoms with E-state index < -0.39 is 0 Å². The van der Waals surface area contributed by atoms with Crippen molar-refractivity contribution in [3.63, 3.8) is 0 Å². The van der Waals surface area contributed by atoms with E-state index in [9.17, 15) is 0 Å². The van der Waals surface area contributed by atoms with Crippen molar-refractivity contribution < 1.29 is 0 Å². The highest BCUT2D eigenvalue weighted by Gasteiger charge is 2.13. The minimum Gasteiger partial charge on any atom is -0.322 e. The number of aromatic nitrogens is 2. The Labute approximate surface area is 82.2 Å². The quantitative estimate of drug-likeness (QED) is 0.733. The zero-order valence-corrected chi connectivity index (χ0v) is 8.47. The Hall–Kier alpha value is -0.610. The molecule has 70 valence electrons. The Morgan fingerprint density at radius 2 is 2.46 bits per heavy atom. The van der Waals surface area contributed by atoms with Gasteiger partial charge in [0.15, 0.2) is 0 Å². The third-order valence-corrected chi connectivity index (χ3v) is 3.13. The van der Waals surface area contributed by atoms with E-state index in [2.05, 4.69) is 9.97 Å². The van der Waals surface area contributed by atoms with Crippen LogP contribution < -0.4 is 5.73 Å². The van der Waals surface area contributed by atoms with Crippen LogP contribution in [0.4, 0.5) is 0 Å². The maximum absolute atomic E-state index is 5.72. The van der Waals surface area contributed by atoms with E-state index in [4.69, 9.17) is 5.73 Å². The average Bonchev–Trinajstić information content (AvgIpc) is 2.17. The van der Waals surface area contributed by atoms with Gasteiger partial charge >= 0.3 is 0 Å². The van der Waals surface area contributed by atoms with E-state index in [-0.39, 0.29) is 6.04 Å². The lowest BCUT2D eigenvalue weighted by Gasteiger charge is -2.15. The highest BCUT2D eigenvalue weighted by Crippen LogP contribution is 2.22. The van der Waals surface area contributed by atoms with Gasteiger partial charge < -0.3 is 5.73 Å². The minimum absolute atomic E-state index is 0.0557. The summed E-state index contributed by atoms with van der Waals surface area (Å²) in [4.78, 5) is 8.71. The fourth-order valence-electron chi connectivity index (χ4n) is 1.36. The molecule has 1 aromatic heterocycles. The zero-order valence-electron chi connectivity index (χ0n) is 7.66. The van der Waals surface area contributed by atoms with E-state index in [1.165, 1.54) is 17.0 Å². The van der Waals surface area contributed by atoms with Gasteiger partial charge in [0, 0.05) is 23.2 Å². The van der Waals surface area contributed by atoms with Crippen LogP contribution in [-0.2, 0) is 12.2 Å². The van der Waals surface area contributed by atoms with Gasteiger partial charge in [0.25, 0.3) is 0 Å². The number of nitrogens with zero attached hydrogens (tertiary/aromatic N) is 2. The average molecular weight is 195 g/mol. The van der Waals surface area contributed by atoms with Crippen molar-refractivity contribution >= 4 is 11.8 Å².